The van der Waals surface area contributed by atoms with Crippen molar-refractivity contribution in [1.29, 1.82) is 0 Å². The highest BCUT2D eigenvalue weighted by atomic mass is 19.4. The zero-order chi connectivity index (χ0) is 16.5. The van der Waals surface area contributed by atoms with Crippen molar-refractivity contribution in [3.63, 3.8) is 0 Å². The zero-order valence-electron chi connectivity index (χ0n) is 12.6. The van der Waals surface area contributed by atoms with Crippen LogP contribution in [0.5, 0.6) is 0 Å². The van der Waals surface area contributed by atoms with E-state index in [0.29, 0.717) is 19.3 Å². The van der Waals surface area contributed by atoms with Gasteiger partial charge in [-0.05, 0) is 42.9 Å². The van der Waals surface area contributed by atoms with E-state index in [4.69, 9.17) is 0 Å². The van der Waals surface area contributed by atoms with Crippen LogP contribution in [0.25, 0.3) is 0 Å². The molecule has 22 heavy (non-hydrogen) atoms. The summed E-state index contributed by atoms with van der Waals surface area (Å²) in [5.74, 6) is -0.737. The topological polar surface area (TPSA) is 49.3 Å². The van der Waals surface area contributed by atoms with Gasteiger partial charge in [-0.2, -0.15) is 13.2 Å². The van der Waals surface area contributed by atoms with Gasteiger partial charge in [-0.25, -0.2) is 0 Å². The number of hydrogen-bond donors (Lipinski definition) is 2. The summed E-state index contributed by atoms with van der Waals surface area (Å²) in [5.41, 5.74) is -0.833. The number of hydrogen-bond acceptors (Lipinski definition) is 2. The third-order valence-electron chi connectivity index (χ3n) is 3.97. The molecular weight excluding hydrogens is 295 g/mol. The molecule has 2 unspecified atom stereocenters. The van der Waals surface area contributed by atoms with Crippen LogP contribution in [0.15, 0.2) is 24.3 Å². The van der Waals surface area contributed by atoms with Gasteiger partial charge in [-0.1, -0.05) is 19.9 Å². The molecule has 1 aliphatic carbocycles. The largest absolute Gasteiger partial charge is 0.416 e. The van der Waals surface area contributed by atoms with Crippen LogP contribution in [0, 0.1) is 11.3 Å². The maximum absolute atomic E-state index is 12.7. The highest BCUT2D eigenvalue weighted by molar-refractivity contribution is 5.92. The molecule has 2 N–H and O–H groups in total. The molecule has 1 aliphatic rings. The second-order valence-corrected chi connectivity index (χ2v) is 6.73. The summed E-state index contributed by atoms with van der Waals surface area (Å²) in [5, 5.41) is 12.4. The maximum Gasteiger partial charge on any atom is 0.416 e. The van der Waals surface area contributed by atoms with Gasteiger partial charge >= 0.3 is 6.18 Å². The van der Waals surface area contributed by atoms with Gasteiger partial charge in [0.1, 0.15) is 0 Å². The molecule has 0 aliphatic heterocycles. The molecule has 0 saturated heterocycles. The standard InChI is InChI=1S/C16H20F3NO2/c1-15(2)8-10(6-13(21)9-15)14(22)20-12-5-3-4-11(7-12)16(17,18)19/h3-5,7,10,13,21H,6,8-9H2,1-2H3,(H,20,22). The number of alkyl halides is 3. The molecule has 1 aromatic rings. The lowest BCUT2D eigenvalue weighted by Crippen LogP contribution is -2.37. The number of amides is 1. The normalized spacial score (nSPS) is 24.8. The van der Waals surface area contributed by atoms with Gasteiger partial charge < -0.3 is 10.4 Å². The van der Waals surface area contributed by atoms with Crippen molar-refractivity contribution in [3.05, 3.63) is 29.8 Å². The van der Waals surface area contributed by atoms with Crippen LogP contribution >= 0.6 is 0 Å². The van der Waals surface area contributed by atoms with Crippen molar-refractivity contribution in [1.82, 2.24) is 0 Å². The number of nitrogens with one attached hydrogen (secondary N) is 1. The minimum absolute atomic E-state index is 0.123. The summed E-state index contributed by atoms with van der Waals surface area (Å²) < 4.78 is 38.0. The molecular formula is C16H20F3NO2. The van der Waals surface area contributed by atoms with Crippen LogP contribution in [0.3, 0.4) is 0 Å². The lowest BCUT2D eigenvalue weighted by atomic mass is 9.70. The fourth-order valence-corrected chi connectivity index (χ4v) is 3.10. The molecule has 1 amide bonds. The average molecular weight is 315 g/mol. The summed E-state index contributed by atoms with van der Waals surface area (Å²) in [6, 6.07) is 4.57. The van der Waals surface area contributed by atoms with E-state index >= 15 is 0 Å². The number of carbonyl (C=O) groups excluding carboxylic acids is 1. The van der Waals surface area contributed by atoms with Crippen LogP contribution in [0.1, 0.15) is 38.7 Å². The van der Waals surface area contributed by atoms with Crippen molar-refractivity contribution in [2.45, 2.75) is 45.4 Å². The first-order valence-corrected chi connectivity index (χ1v) is 7.23. The van der Waals surface area contributed by atoms with Crippen molar-refractivity contribution in [2.24, 2.45) is 11.3 Å². The molecule has 6 heteroatoms. The van der Waals surface area contributed by atoms with Crippen LogP contribution in [0.2, 0.25) is 0 Å². The van der Waals surface area contributed by atoms with Crippen molar-refractivity contribution < 1.29 is 23.1 Å². The molecule has 1 aromatic carbocycles. The molecule has 2 rings (SSSR count). The number of anilines is 1. The minimum Gasteiger partial charge on any atom is -0.393 e. The molecule has 0 heterocycles. The first-order chi connectivity index (χ1) is 10.1. The monoisotopic (exact) mass is 315 g/mol. The van der Waals surface area contributed by atoms with E-state index in [0.717, 1.165) is 12.1 Å². The fourth-order valence-electron chi connectivity index (χ4n) is 3.10. The van der Waals surface area contributed by atoms with Crippen LogP contribution in [-0.4, -0.2) is 17.1 Å². The van der Waals surface area contributed by atoms with Gasteiger partial charge in [0.05, 0.1) is 11.7 Å². The van der Waals surface area contributed by atoms with Crippen molar-refractivity contribution in [2.75, 3.05) is 5.32 Å². The van der Waals surface area contributed by atoms with Crippen LogP contribution in [0.4, 0.5) is 18.9 Å². The number of carbonyl (C=O) groups is 1. The van der Waals surface area contributed by atoms with Gasteiger partial charge in [0, 0.05) is 11.6 Å². The Morgan fingerprint density at radius 3 is 2.59 bits per heavy atom. The Morgan fingerprint density at radius 2 is 2.00 bits per heavy atom. The second kappa shape index (κ2) is 5.91. The molecule has 2 atom stereocenters. The van der Waals surface area contributed by atoms with Gasteiger partial charge in [-0.15, -0.1) is 0 Å². The number of halogens is 3. The number of rotatable bonds is 2. The molecule has 0 spiro atoms. The molecule has 122 valence electrons. The van der Waals surface area contributed by atoms with Crippen molar-refractivity contribution >= 4 is 11.6 Å². The average Bonchev–Trinajstić information content (AvgIpc) is 2.35. The SMILES string of the molecule is CC1(C)CC(O)CC(C(=O)Nc2cccc(C(F)(F)F)c2)C1. The van der Waals surface area contributed by atoms with Gasteiger partial charge in [0.15, 0.2) is 0 Å². The first kappa shape index (κ1) is 16.8. The highest BCUT2D eigenvalue weighted by Gasteiger charge is 2.36. The molecule has 0 radical (unpaired) electrons. The Morgan fingerprint density at radius 1 is 1.32 bits per heavy atom. The molecule has 0 bridgehead atoms. The Bertz CT molecular complexity index is 555. The number of aliphatic hydroxyl groups excluding tert-OH is 1. The van der Waals surface area contributed by atoms with Crippen LogP contribution < -0.4 is 5.32 Å². The Labute approximate surface area is 127 Å². The Kier molecular flexibility index (Phi) is 4.52. The van der Waals surface area contributed by atoms with Gasteiger partial charge in [0.2, 0.25) is 5.91 Å². The predicted molar refractivity (Wildman–Crippen MR) is 77.2 cm³/mol. The van der Waals surface area contributed by atoms with Gasteiger partial charge in [0.25, 0.3) is 0 Å². The number of aliphatic hydroxyl groups is 1. The molecule has 0 aromatic heterocycles. The van der Waals surface area contributed by atoms with E-state index in [2.05, 4.69) is 5.32 Å². The summed E-state index contributed by atoms with van der Waals surface area (Å²) in [4.78, 5) is 12.3. The van der Waals surface area contributed by atoms with E-state index in [1.54, 1.807) is 0 Å². The van der Waals surface area contributed by atoms with E-state index < -0.39 is 23.8 Å². The Balaban J connectivity index is 2.09. The van der Waals surface area contributed by atoms with E-state index in [9.17, 15) is 23.1 Å². The van der Waals surface area contributed by atoms with E-state index in [1.165, 1.54) is 12.1 Å². The third-order valence-corrected chi connectivity index (χ3v) is 3.97. The summed E-state index contributed by atoms with van der Waals surface area (Å²) in [7, 11) is 0. The van der Waals surface area contributed by atoms with Gasteiger partial charge in [-0.3, -0.25) is 4.79 Å². The lowest BCUT2D eigenvalue weighted by molar-refractivity contribution is -0.137. The fraction of sp³-hybridized carbons (Fsp3) is 0.562. The highest BCUT2D eigenvalue weighted by Crippen LogP contribution is 2.39. The summed E-state index contributed by atoms with van der Waals surface area (Å²) in [6.07, 6.45) is -3.42. The number of benzene rings is 1. The van der Waals surface area contributed by atoms with E-state index in [-0.39, 0.29) is 17.0 Å². The maximum atomic E-state index is 12.7. The third kappa shape index (κ3) is 4.22. The smallest absolute Gasteiger partial charge is 0.393 e. The second-order valence-electron chi connectivity index (χ2n) is 6.73. The first-order valence-electron chi connectivity index (χ1n) is 7.23. The lowest BCUT2D eigenvalue weighted by Gasteiger charge is -2.37. The molecule has 1 fully saturated rings. The predicted octanol–water partition coefficient (Wildman–Crippen LogP) is 3.83. The summed E-state index contributed by atoms with van der Waals surface area (Å²) >= 11 is 0. The van der Waals surface area contributed by atoms with Crippen molar-refractivity contribution in [3.8, 4) is 0 Å². The molecule has 1 saturated carbocycles. The Hall–Kier alpha value is -1.56. The van der Waals surface area contributed by atoms with E-state index in [1.807, 2.05) is 13.8 Å². The minimum atomic E-state index is -4.44. The quantitative estimate of drug-likeness (QED) is 0.871. The molecule has 3 nitrogen and oxygen atoms in total. The zero-order valence-corrected chi connectivity index (χ0v) is 12.6. The van der Waals surface area contributed by atoms with Crippen LogP contribution in [-0.2, 0) is 11.0 Å². The summed E-state index contributed by atoms with van der Waals surface area (Å²) in [6.45, 7) is 3.94.